The van der Waals surface area contributed by atoms with Crippen LogP contribution in [0.5, 0.6) is 5.75 Å². The fraction of sp³-hybridized carbons (Fsp3) is 0.476. The van der Waals surface area contributed by atoms with Crippen molar-refractivity contribution in [2.45, 2.75) is 43.5 Å². The number of hydrogen-bond acceptors (Lipinski definition) is 5. The SMILES string of the molecule is O=C(NCCNC(=O)C1CC=C(Cl)S1)c1ccc(O[C@H]2CC[C@@H](C(=O)O)CC2)c(F)c1. The van der Waals surface area contributed by atoms with Crippen LogP contribution in [-0.4, -0.2) is 47.3 Å². The molecule has 1 atom stereocenters. The van der Waals surface area contributed by atoms with Gasteiger partial charge in [-0.05, 0) is 50.3 Å². The van der Waals surface area contributed by atoms with Gasteiger partial charge < -0.3 is 20.5 Å². The van der Waals surface area contributed by atoms with Crippen LogP contribution in [0, 0.1) is 11.7 Å². The number of carboxylic acid groups (broad SMARTS) is 1. The molecule has 0 bridgehead atoms. The summed E-state index contributed by atoms with van der Waals surface area (Å²) in [7, 11) is 0. The Labute approximate surface area is 188 Å². The third kappa shape index (κ3) is 6.61. The number of carboxylic acids is 1. The molecule has 1 fully saturated rings. The van der Waals surface area contributed by atoms with Crippen LogP contribution >= 0.6 is 23.4 Å². The predicted molar refractivity (Wildman–Crippen MR) is 116 cm³/mol. The minimum atomic E-state index is -0.807. The Morgan fingerprint density at radius 2 is 1.87 bits per heavy atom. The van der Waals surface area contributed by atoms with Crippen molar-refractivity contribution in [3.8, 4) is 5.75 Å². The van der Waals surface area contributed by atoms with Crippen molar-refractivity contribution in [3.05, 3.63) is 40.0 Å². The van der Waals surface area contributed by atoms with Crippen LogP contribution in [0.3, 0.4) is 0 Å². The average Bonchev–Trinajstić information content (AvgIpc) is 3.19. The number of allylic oxidation sites excluding steroid dienone is 1. The van der Waals surface area contributed by atoms with Gasteiger partial charge in [0.1, 0.15) is 0 Å². The van der Waals surface area contributed by atoms with E-state index < -0.39 is 17.7 Å². The first-order chi connectivity index (χ1) is 14.8. The Hall–Kier alpha value is -2.26. The fourth-order valence-corrected chi connectivity index (χ4v) is 4.77. The summed E-state index contributed by atoms with van der Waals surface area (Å²) in [6, 6.07) is 3.98. The maximum Gasteiger partial charge on any atom is 0.306 e. The third-order valence-corrected chi connectivity index (χ3v) is 6.77. The second-order valence-electron chi connectivity index (χ2n) is 7.47. The van der Waals surface area contributed by atoms with E-state index in [0.29, 0.717) is 36.5 Å². The highest BCUT2D eigenvalue weighted by atomic mass is 35.5. The highest BCUT2D eigenvalue weighted by Crippen LogP contribution is 2.34. The van der Waals surface area contributed by atoms with Crippen molar-refractivity contribution in [1.29, 1.82) is 0 Å². The molecule has 0 aromatic heterocycles. The molecule has 1 aromatic carbocycles. The largest absolute Gasteiger partial charge is 0.487 e. The summed E-state index contributed by atoms with van der Waals surface area (Å²) in [4.78, 5) is 35.2. The van der Waals surface area contributed by atoms with Crippen LogP contribution in [0.1, 0.15) is 42.5 Å². The van der Waals surface area contributed by atoms with Crippen LogP contribution in [0.2, 0.25) is 0 Å². The van der Waals surface area contributed by atoms with Crippen LogP contribution in [-0.2, 0) is 9.59 Å². The van der Waals surface area contributed by atoms with Gasteiger partial charge in [-0.25, -0.2) is 4.39 Å². The summed E-state index contributed by atoms with van der Waals surface area (Å²) in [5, 5.41) is 14.2. The number of benzene rings is 1. The molecule has 1 unspecified atom stereocenters. The van der Waals surface area contributed by atoms with Gasteiger partial charge >= 0.3 is 5.97 Å². The molecule has 31 heavy (non-hydrogen) atoms. The normalized spacial score (nSPS) is 23.0. The minimum Gasteiger partial charge on any atom is -0.487 e. The number of ether oxygens (including phenoxy) is 1. The number of thioether (sulfide) groups is 1. The predicted octanol–water partition coefficient (Wildman–Crippen LogP) is 3.28. The zero-order chi connectivity index (χ0) is 22.4. The lowest BCUT2D eigenvalue weighted by atomic mass is 9.87. The maximum absolute atomic E-state index is 14.4. The summed E-state index contributed by atoms with van der Waals surface area (Å²) in [6.45, 7) is 0.456. The zero-order valence-corrected chi connectivity index (χ0v) is 18.3. The first-order valence-corrected chi connectivity index (χ1v) is 11.4. The van der Waals surface area contributed by atoms with Crippen molar-refractivity contribution in [3.63, 3.8) is 0 Å². The number of hydrogen-bond donors (Lipinski definition) is 3. The standard InChI is InChI=1S/C21H24ClFN2O5S/c22-18-8-7-17(31-18)20(27)25-10-9-24-19(26)13-3-6-16(15(23)11-13)30-14-4-1-12(2-5-14)21(28)29/h3,6,8,11-12,14,17H,1-2,4-5,7,9-10H2,(H,24,26)(H,25,27)(H,28,29)/t12-,14+,17?. The summed E-state index contributed by atoms with van der Waals surface area (Å²) in [6.07, 6.45) is 4.23. The number of nitrogens with one attached hydrogen (secondary N) is 2. The Morgan fingerprint density at radius 1 is 1.16 bits per heavy atom. The Morgan fingerprint density at radius 3 is 2.48 bits per heavy atom. The molecule has 1 heterocycles. The Balaban J connectivity index is 1.41. The smallest absolute Gasteiger partial charge is 0.306 e. The highest BCUT2D eigenvalue weighted by Gasteiger charge is 2.27. The molecule has 1 saturated carbocycles. The molecule has 2 aliphatic rings. The Kier molecular flexibility index (Phi) is 8.20. The lowest BCUT2D eigenvalue weighted by Gasteiger charge is -2.27. The van der Waals surface area contributed by atoms with Crippen LogP contribution in [0.4, 0.5) is 4.39 Å². The minimum absolute atomic E-state index is 0.0453. The maximum atomic E-state index is 14.4. The number of carbonyl (C=O) groups is 3. The number of carbonyl (C=O) groups excluding carboxylic acids is 2. The summed E-state index contributed by atoms with van der Waals surface area (Å²) in [5.74, 6) is -2.38. The summed E-state index contributed by atoms with van der Waals surface area (Å²) >= 11 is 7.14. The van der Waals surface area contributed by atoms with Crippen molar-refractivity contribution >= 4 is 41.1 Å². The molecule has 7 nitrogen and oxygen atoms in total. The van der Waals surface area contributed by atoms with Crippen molar-refractivity contribution in [2.24, 2.45) is 5.92 Å². The second kappa shape index (κ2) is 10.9. The molecule has 1 aromatic rings. The van der Waals surface area contributed by atoms with E-state index in [4.69, 9.17) is 21.4 Å². The lowest BCUT2D eigenvalue weighted by Crippen LogP contribution is -2.38. The second-order valence-corrected chi connectivity index (χ2v) is 9.35. The number of halogens is 2. The van der Waals surface area contributed by atoms with Gasteiger partial charge in [-0.2, -0.15) is 0 Å². The van der Waals surface area contributed by atoms with E-state index in [1.165, 1.54) is 23.9 Å². The molecular formula is C21H24ClFN2O5S. The van der Waals surface area contributed by atoms with Gasteiger partial charge in [0.25, 0.3) is 5.91 Å². The van der Waals surface area contributed by atoms with E-state index in [1.54, 1.807) is 6.08 Å². The quantitative estimate of drug-likeness (QED) is 0.504. The molecule has 1 aliphatic heterocycles. The van der Waals surface area contributed by atoms with E-state index in [2.05, 4.69) is 10.6 Å². The van der Waals surface area contributed by atoms with Gasteiger partial charge in [-0.3, -0.25) is 14.4 Å². The van der Waals surface area contributed by atoms with Crippen molar-refractivity contribution in [2.75, 3.05) is 13.1 Å². The molecule has 3 rings (SSSR count). The van der Waals surface area contributed by atoms with Gasteiger partial charge in [-0.1, -0.05) is 17.7 Å². The lowest BCUT2D eigenvalue weighted by molar-refractivity contribution is -0.143. The molecule has 0 spiro atoms. The van der Waals surface area contributed by atoms with E-state index in [1.807, 2.05) is 0 Å². The molecule has 3 N–H and O–H groups in total. The number of rotatable bonds is 8. The molecule has 0 saturated heterocycles. The van der Waals surface area contributed by atoms with E-state index in [9.17, 15) is 18.8 Å². The summed E-state index contributed by atoms with van der Waals surface area (Å²) < 4.78 is 20.7. The van der Waals surface area contributed by atoms with Crippen LogP contribution < -0.4 is 15.4 Å². The molecule has 10 heteroatoms. The van der Waals surface area contributed by atoms with Crippen LogP contribution in [0.25, 0.3) is 0 Å². The molecular weight excluding hydrogens is 447 g/mol. The van der Waals surface area contributed by atoms with Gasteiger partial charge in [-0.15, -0.1) is 11.8 Å². The van der Waals surface area contributed by atoms with Crippen molar-refractivity contribution in [1.82, 2.24) is 10.6 Å². The highest BCUT2D eigenvalue weighted by molar-refractivity contribution is 8.06. The van der Waals surface area contributed by atoms with Gasteiger partial charge in [0.05, 0.1) is 21.6 Å². The zero-order valence-electron chi connectivity index (χ0n) is 16.7. The van der Waals surface area contributed by atoms with Gasteiger partial charge in [0, 0.05) is 18.7 Å². The molecule has 2 amide bonds. The van der Waals surface area contributed by atoms with Gasteiger partial charge in [0.2, 0.25) is 5.91 Å². The molecule has 0 radical (unpaired) electrons. The number of amides is 2. The van der Waals surface area contributed by atoms with Crippen molar-refractivity contribution < 1.29 is 28.6 Å². The molecule has 168 valence electrons. The van der Waals surface area contributed by atoms with E-state index in [-0.39, 0.29) is 47.6 Å². The first-order valence-electron chi connectivity index (χ1n) is 10.1. The molecule has 1 aliphatic carbocycles. The Bertz CT molecular complexity index is 873. The number of aliphatic carboxylic acids is 1. The summed E-state index contributed by atoms with van der Waals surface area (Å²) in [5.41, 5.74) is 0.146. The van der Waals surface area contributed by atoms with E-state index in [0.717, 1.165) is 6.07 Å². The average molecular weight is 471 g/mol. The first kappa shape index (κ1) is 23.4. The van der Waals surface area contributed by atoms with Crippen LogP contribution in [0.15, 0.2) is 28.6 Å². The van der Waals surface area contributed by atoms with E-state index >= 15 is 0 Å². The fourth-order valence-electron chi connectivity index (χ4n) is 3.51. The topological polar surface area (TPSA) is 105 Å². The monoisotopic (exact) mass is 470 g/mol. The third-order valence-electron chi connectivity index (χ3n) is 5.26. The van der Waals surface area contributed by atoms with Gasteiger partial charge in [0.15, 0.2) is 11.6 Å².